The van der Waals surface area contributed by atoms with Crippen molar-refractivity contribution in [1.29, 1.82) is 0 Å². The van der Waals surface area contributed by atoms with Crippen LogP contribution in [0.3, 0.4) is 0 Å². The molecule has 13 nitrogen and oxygen atoms in total. The molecule has 44 heavy (non-hydrogen) atoms. The number of aromatic amines is 1. The molecule has 5 aromatic rings. The molecule has 228 valence electrons. The van der Waals surface area contributed by atoms with Gasteiger partial charge in [-0.15, -0.1) is 10.2 Å². The number of nitrogens with two attached hydrogens (primary N) is 1. The standard InChI is InChI=1S/C30H32N8O5S/c1-42-14-15-43-30(26(39)28-33-18-34-37-28)12-10-20(11-13-30)24-25(44(2,40)41)27(31)38-29(36-24)22(17-35-38)21-8-9-23(32-16-21)19-6-4-3-5-7-19/h3-9,16-18,20H,10-15,31H2,1-2H3,(H,33,34,37)/t20-,30+. The average molecular weight is 617 g/mol. The minimum atomic E-state index is -3.79. The van der Waals surface area contributed by atoms with Gasteiger partial charge in [0.1, 0.15) is 22.6 Å². The fraction of sp³-hybridized carbons (Fsp3) is 0.333. The zero-order chi connectivity index (χ0) is 30.9. The highest BCUT2D eigenvalue weighted by Gasteiger charge is 2.46. The van der Waals surface area contributed by atoms with Crippen LogP contribution in [0.4, 0.5) is 5.82 Å². The summed E-state index contributed by atoms with van der Waals surface area (Å²) < 4.78 is 38.8. The van der Waals surface area contributed by atoms with E-state index in [1.807, 2.05) is 42.5 Å². The van der Waals surface area contributed by atoms with E-state index in [1.54, 1.807) is 19.5 Å². The molecule has 3 N–H and O–H groups in total. The monoisotopic (exact) mass is 616 g/mol. The number of H-pyrrole nitrogens is 1. The summed E-state index contributed by atoms with van der Waals surface area (Å²) in [6, 6.07) is 13.7. The molecule has 1 aliphatic carbocycles. The Kier molecular flexibility index (Phi) is 7.97. The molecule has 4 aromatic heterocycles. The second-order valence-electron chi connectivity index (χ2n) is 10.9. The largest absolute Gasteiger partial charge is 0.382 e. The van der Waals surface area contributed by atoms with Gasteiger partial charge in [-0.3, -0.25) is 9.78 Å². The number of benzene rings is 1. The summed E-state index contributed by atoms with van der Waals surface area (Å²) in [4.78, 5) is 25.8. The number of hydrogen-bond donors (Lipinski definition) is 2. The number of hydrogen-bond acceptors (Lipinski definition) is 11. The lowest BCUT2D eigenvalue weighted by molar-refractivity contribution is -0.0636. The van der Waals surface area contributed by atoms with Gasteiger partial charge in [-0.2, -0.15) is 9.61 Å². The maximum absolute atomic E-state index is 13.5. The first-order valence-electron chi connectivity index (χ1n) is 14.1. The number of sulfone groups is 1. The lowest BCUT2D eigenvalue weighted by atomic mass is 9.75. The first kappa shape index (κ1) is 29.5. The predicted molar refractivity (Wildman–Crippen MR) is 162 cm³/mol. The van der Waals surface area contributed by atoms with Crippen molar-refractivity contribution < 1.29 is 22.7 Å². The summed E-state index contributed by atoms with van der Waals surface area (Å²) in [5, 5.41) is 12.0. The Morgan fingerprint density at radius 3 is 2.50 bits per heavy atom. The molecular formula is C30H32N8O5S. The zero-order valence-corrected chi connectivity index (χ0v) is 25.1. The van der Waals surface area contributed by atoms with Crippen molar-refractivity contribution in [2.24, 2.45) is 0 Å². The Hall–Kier alpha value is -4.53. The van der Waals surface area contributed by atoms with Crippen molar-refractivity contribution in [3.8, 4) is 22.4 Å². The van der Waals surface area contributed by atoms with Crippen LogP contribution in [0.5, 0.6) is 0 Å². The maximum Gasteiger partial charge on any atom is 0.231 e. The van der Waals surface area contributed by atoms with Crippen molar-refractivity contribution >= 4 is 27.1 Å². The SMILES string of the molecule is COCCO[C@]1(C(=O)c2nnc[nH]2)CC[C@H](c2nc3c(-c4ccc(-c5ccccc5)nc4)cnn3c(N)c2S(C)(=O)=O)CC1. The minimum absolute atomic E-state index is 0.0152. The number of carbonyl (C=O) groups is 1. The number of rotatable bonds is 10. The number of Topliss-reactive ketones (excluding diaryl/α,β-unsaturated/α-hetero) is 1. The fourth-order valence-corrected chi connectivity index (χ4v) is 6.92. The number of pyridine rings is 1. The molecule has 0 radical (unpaired) electrons. The van der Waals surface area contributed by atoms with Crippen LogP contribution in [-0.4, -0.2) is 81.1 Å². The summed E-state index contributed by atoms with van der Waals surface area (Å²) in [5.74, 6) is -0.522. The van der Waals surface area contributed by atoms with Gasteiger partial charge in [-0.05, 0) is 31.7 Å². The molecule has 1 aliphatic rings. The molecule has 1 saturated carbocycles. The molecule has 0 amide bonds. The van der Waals surface area contributed by atoms with E-state index in [-0.39, 0.29) is 34.8 Å². The summed E-state index contributed by atoms with van der Waals surface area (Å²) >= 11 is 0. The van der Waals surface area contributed by atoms with Crippen LogP contribution in [0, 0.1) is 0 Å². The molecule has 0 unspecified atom stereocenters. The fourth-order valence-electron chi connectivity index (χ4n) is 5.86. The van der Waals surface area contributed by atoms with Gasteiger partial charge in [0, 0.05) is 42.2 Å². The van der Waals surface area contributed by atoms with E-state index in [1.165, 1.54) is 10.8 Å². The number of fused-ring (bicyclic) bond motifs is 1. The van der Waals surface area contributed by atoms with Crippen LogP contribution >= 0.6 is 0 Å². The molecule has 14 heteroatoms. The highest BCUT2D eigenvalue weighted by atomic mass is 32.2. The molecule has 6 rings (SSSR count). The van der Waals surface area contributed by atoms with Crippen molar-refractivity contribution in [1.82, 2.24) is 34.8 Å². The van der Waals surface area contributed by atoms with E-state index in [4.69, 9.17) is 20.2 Å². The van der Waals surface area contributed by atoms with Crippen molar-refractivity contribution in [2.45, 2.75) is 42.1 Å². The Balaban J connectivity index is 1.37. The lowest BCUT2D eigenvalue weighted by Crippen LogP contribution is -2.46. The summed E-state index contributed by atoms with van der Waals surface area (Å²) in [5.41, 5.74) is 9.35. The Morgan fingerprint density at radius 1 is 1.09 bits per heavy atom. The Labute approximate surface area is 253 Å². The highest BCUT2D eigenvalue weighted by Crippen LogP contribution is 2.44. The third kappa shape index (κ3) is 5.47. The van der Waals surface area contributed by atoms with Gasteiger partial charge >= 0.3 is 0 Å². The van der Waals surface area contributed by atoms with E-state index in [0.29, 0.717) is 49.2 Å². The normalized spacial score (nSPS) is 18.9. The van der Waals surface area contributed by atoms with E-state index in [2.05, 4.69) is 25.3 Å². The third-order valence-corrected chi connectivity index (χ3v) is 9.23. The van der Waals surface area contributed by atoms with Crippen molar-refractivity contribution in [3.63, 3.8) is 0 Å². The van der Waals surface area contributed by atoms with Gasteiger partial charge < -0.3 is 20.2 Å². The number of ether oxygens (including phenoxy) is 2. The molecule has 0 spiro atoms. The van der Waals surface area contributed by atoms with Gasteiger partial charge in [0.15, 0.2) is 21.3 Å². The van der Waals surface area contributed by atoms with Gasteiger partial charge in [0.25, 0.3) is 0 Å². The highest BCUT2D eigenvalue weighted by molar-refractivity contribution is 7.91. The number of nitrogens with zero attached hydrogens (tertiary/aromatic N) is 6. The van der Waals surface area contributed by atoms with Gasteiger partial charge in [-0.25, -0.2) is 13.4 Å². The first-order chi connectivity index (χ1) is 21.2. The topological polar surface area (TPSA) is 180 Å². The van der Waals surface area contributed by atoms with Crippen LogP contribution in [0.2, 0.25) is 0 Å². The number of nitrogen functional groups attached to an aromatic ring is 1. The van der Waals surface area contributed by atoms with Crippen molar-refractivity contribution in [3.05, 3.63) is 72.7 Å². The summed E-state index contributed by atoms with van der Waals surface area (Å²) in [6.45, 7) is 0.524. The quantitative estimate of drug-likeness (QED) is 0.173. The molecule has 0 aliphatic heterocycles. The van der Waals surface area contributed by atoms with Crippen LogP contribution < -0.4 is 5.73 Å². The predicted octanol–water partition coefficient (Wildman–Crippen LogP) is 3.50. The maximum atomic E-state index is 13.5. The summed E-state index contributed by atoms with van der Waals surface area (Å²) in [7, 11) is -2.24. The van der Waals surface area contributed by atoms with E-state index in [9.17, 15) is 13.2 Å². The van der Waals surface area contributed by atoms with Gasteiger partial charge in [0.2, 0.25) is 5.78 Å². The zero-order valence-electron chi connectivity index (χ0n) is 24.3. The molecule has 0 bridgehead atoms. The molecule has 0 saturated heterocycles. The van der Waals surface area contributed by atoms with Crippen LogP contribution in [0.25, 0.3) is 28.0 Å². The van der Waals surface area contributed by atoms with Crippen LogP contribution in [0.1, 0.15) is 47.9 Å². The van der Waals surface area contributed by atoms with E-state index >= 15 is 0 Å². The van der Waals surface area contributed by atoms with Crippen molar-refractivity contribution in [2.75, 3.05) is 32.3 Å². The number of nitrogens with one attached hydrogen (secondary N) is 1. The van der Waals surface area contributed by atoms with E-state index < -0.39 is 15.4 Å². The molecule has 1 fully saturated rings. The minimum Gasteiger partial charge on any atom is -0.382 e. The Bertz CT molecular complexity index is 1880. The molecule has 4 heterocycles. The Morgan fingerprint density at radius 2 is 1.86 bits per heavy atom. The number of carbonyl (C=O) groups excluding carboxylic acids is 1. The lowest BCUT2D eigenvalue weighted by Gasteiger charge is -2.38. The number of aromatic nitrogens is 7. The number of ketones is 1. The van der Waals surface area contributed by atoms with Crippen LogP contribution in [0.15, 0.2) is 66.1 Å². The summed E-state index contributed by atoms with van der Waals surface area (Å²) in [6.07, 6.45) is 7.28. The second-order valence-corrected chi connectivity index (χ2v) is 12.8. The average Bonchev–Trinajstić information content (AvgIpc) is 3.72. The number of anilines is 1. The number of methoxy groups -OCH3 is 1. The van der Waals surface area contributed by atoms with Crippen LogP contribution in [-0.2, 0) is 19.3 Å². The van der Waals surface area contributed by atoms with Gasteiger partial charge in [-0.1, -0.05) is 36.4 Å². The molecule has 1 aromatic carbocycles. The van der Waals surface area contributed by atoms with Gasteiger partial charge in [0.05, 0.1) is 30.8 Å². The smallest absolute Gasteiger partial charge is 0.231 e. The third-order valence-electron chi connectivity index (χ3n) is 8.07. The second kappa shape index (κ2) is 11.9. The molecular weight excluding hydrogens is 584 g/mol. The van der Waals surface area contributed by atoms with E-state index in [0.717, 1.165) is 23.1 Å². The first-order valence-corrected chi connectivity index (χ1v) is 16.0. The molecule has 0 atom stereocenters.